The summed E-state index contributed by atoms with van der Waals surface area (Å²) in [5, 5.41) is 23.0. The number of aryl methyl sites for hydroxylation is 1. The normalized spacial score (nSPS) is 24.6. The SMILES string of the molecule is O=C(N[C@H](c1cccs1)C1CC(O)C1)c1nnc2n1CCCC2. The summed E-state index contributed by atoms with van der Waals surface area (Å²) in [6.07, 6.45) is 4.30. The Morgan fingerprint density at radius 2 is 2.26 bits per heavy atom. The Kier molecular flexibility index (Phi) is 3.90. The second-order valence-corrected chi connectivity index (χ2v) is 7.38. The standard InChI is InChI=1S/C16H20N4O2S/c21-11-8-10(9-11)14(12-4-3-7-23-12)17-16(22)15-19-18-13-5-1-2-6-20(13)15/h3-4,7,10-11,14,21H,1-2,5-6,8-9H2,(H,17,22)/t10?,11?,14-/m0/s1. The Labute approximate surface area is 138 Å². The minimum atomic E-state index is -0.236. The second-order valence-electron chi connectivity index (χ2n) is 6.40. The summed E-state index contributed by atoms with van der Waals surface area (Å²) in [5.74, 6) is 1.45. The van der Waals surface area contributed by atoms with Gasteiger partial charge in [0.15, 0.2) is 0 Å². The van der Waals surface area contributed by atoms with Crippen molar-refractivity contribution in [1.82, 2.24) is 20.1 Å². The third-order valence-corrected chi connectivity index (χ3v) is 5.78. The lowest BCUT2D eigenvalue weighted by Gasteiger charge is -2.37. The summed E-state index contributed by atoms with van der Waals surface area (Å²) in [6.45, 7) is 0.816. The molecule has 2 aliphatic rings. The van der Waals surface area contributed by atoms with E-state index < -0.39 is 0 Å². The molecule has 4 rings (SSSR count). The van der Waals surface area contributed by atoms with Gasteiger partial charge in [0.05, 0.1) is 12.1 Å². The molecular weight excluding hydrogens is 312 g/mol. The quantitative estimate of drug-likeness (QED) is 0.896. The highest BCUT2D eigenvalue weighted by atomic mass is 32.1. The fourth-order valence-corrected chi connectivity index (χ4v) is 4.34. The van der Waals surface area contributed by atoms with Gasteiger partial charge < -0.3 is 15.0 Å². The molecule has 0 radical (unpaired) electrons. The molecule has 2 aromatic rings. The zero-order valence-electron chi connectivity index (χ0n) is 12.8. The number of hydrogen-bond acceptors (Lipinski definition) is 5. The van der Waals surface area contributed by atoms with E-state index in [-0.39, 0.29) is 24.0 Å². The maximum atomic E-state index is 12.7. The van der Waals surface area contributed by atoms with Gasteiger partial charge in [-0.3, -0.25) is 4.79 Å². The number of carbonyl (C=O) groups is 1. The lowest BCUT2D eigenvalue weighted by Crippen LogP contribution is -2.41. The van der Waals surface area contributed by atoms with Crippen molar-refractivity contribution in [2.45, 2.75) is 50.8 Å². The summed E-state index contributed by atoms with van der Waals surface area (Å²) < 4.78 is 1.94. The summed E-state index contributed by atoms with van der Waals surface area (Å²) >= 11 is 1.64. The van der Waals surface area contributed by atoms with Crippen molar-refractivity contribution in [3.05, 3.63) is 34.0 Å². The molecule has 0 unspecified atom stereocenters. The van der Waals surface area contributed by atoms with E-state index in [4.69, 9.17) is 0 Å². The van der Waals surface area contributed by atoms with E-state index in [1.54, 1.807) is 11.3 Å². The largest absolute Gasteiger partial charge is 0.393 e. The second kappa shape index (κ2) is 6.05. The van der Waals surface area contributed by atoms with Crippen molar-refractivity contribution >= 4 is 17.2 Å². The third kappa shape index (κ3) is 2.79. The Morgan fingerprint density at radius 3 is 3.00 bits per heavy atom. The van der Waals surface area contributed by atoms with Crippen LogP contribution in [-0.2, 0) is 13.0 Å². The van der Waals surface area contributed by atoms with Crippen molar-refractivity contribution in [3.63, 3.8) is 0 Å². The lowest BCUT2D eigenvalue weighted by molar-refractivity contribution is 0.0239. The molecule has 2 N–H and O–H groups in total. The van der Waals surface area contributed by atoms with E-state index in [1.165, 1.54) is 0 Å². The molecule has 1 amide bonds. The van der Waals surface area contributed by atoms with Gasteiger partial charge in [-0.05, 0) is 43.0 Å². The minimum Gasteiger partial charge on any atom is -0.393 e. The molecule has 0 spiro atoms. The number of carbonyl (C=O) groups excluding carboxylic acids is 1. The van der Waals surface area contributed by atoms with Crippen LogP contribution in [0.2, 0.25) is 0 Å². The first-order chi connectivity index (χ1) is 11.2. The van der Waals surface area contributed by atoms with Gasteiger partial charge in [-0.1, -0.05) is 6.07 Å². The van der Waals surface area contributed by atoms with Crippen LogP contribution in [0, 0.1) is 5.92 Å². The highest BCUT2D eigenvalue weighted by molar-refractivity contribution is 7.10. The molecule has 0 saturated heterocycles. The van der Waals surface area contributed by atoms with Crippen molar-refractivity contribution in [3.8, 4) is 0 Å². The van der Waals surface area contributed by atoms with Gasteiger partial charge in [0.1, 0.15) is 5.82 Å². The molecule has 3 heterocycles. The summed E-state index contributed by atoms with van der Waals surface area (Å²) in [7, 11) is 0. The van der Waals surface area contributed by atoms with Crippen LogP contribution in [0.3, 0.4) is 0 Å². The van der Waals surface area contributed by atoms with Crippen LogP contribution in [0.25, 0.3) is 0 Å². The number of fused-ring (bicyclic) bond motifs is 1. The number of rotatable bonds is 4. The number of aliphatic hydroxyl groups is 1. The Bertz CT molecular complexity index is 691. The molecule has 1 fully saturated rings. The van der Waals surface area contributed by atoms with E-state index in [2.05, 4.69) is 15.5 Å². The molecule has 122 valence electrons. The molecule has 1 aliphatic heterocycles. The molecule has 0 bridgehead atoms. The predicted octanol–water partition coefficient (Wildman–Crippen LogP) is 1.92. The van der Waals surface area contributed by atoms with E-state index in [9.17, 15) is 9.90 Å². The summed E-state index contributed by atoms with van der Waals surface area (Å²) in [4.78, 5) is 13.9. The van der Waals surface area contributed by atoms with Crippen LogP contribution < -0.4 is 5.32 Å². The van der Waals surface area contributed by atoms with E-state index in [0.717, 1.165) is 49.4 Å². The number of nitrogens with zero attached hydrogens (tertiary/aromatic N) is 3. The number of thiophene rings is 1. The summed E-state index contributed by atoms with van der Waals surface area (Å²) in [6, 6.07) is 3.98. The van der Waals surface area contributed by atoms with Gasteiger partial charge in [-0.15, -0.1) is 21.5 Å². The van der Waals surface area contributed by atoms with Crippen molar-refractivity contribution in [2.75, 3.05) is 0 Å². The first-order valence-electron chi connectivity index (χ1n) is 8.17. The van der Waals surface area contributed by atoms with E-state index >= 15 is 0 Å². The molecule has 1 saturated carbocycles. The van der Waals surface area contributed by atoms with Crippen molar-refractivity contribution in [2.24, 2.45) is 5.92 Å². The van der Waals surface area contributed by atoms with Gasteiger partial charge in [-0.2, -0.15) is 0 Å². The number of nitrogens with one attached hydrogen (secondary N) is 1. The lowest BCUT2D eigenvalue weighted by atomic mass is 9.77. The molecule has 23 heavy (non-hydrogen) atoms. The maximum absolute atomic E-state index is 12.7. The zero-order valence-corrected chi connectivity index (χ0v) is 13.6. The van der Waals surface area contributed by atoms with E-state index in [0.29, 0.717) is 5.82 Å². The molecule has 2 aromatic heterocycles. The van der Waals surface area contributed by atoms with Gasteiger partial charge >= 0.3 is 0 Å². The number of hydrogen-bond donors (Lipinski definition) is 2. The molecule has 7 heteroatoms. The van der Waals surface area contributed by atoms with Crippen molar-refractivity contribution < 1.29 is 9.90 Å². The highest BCUT2D eigenvalue weighted by Gasteiger charge is 2.37. The highest BCUT2D eigenvalue weighted by Crippen LogP contribution is 2.39. The number of aromatic nitrogens is 3. The maximum Gasteiger partial charge on any atom is 0.289 e. The van der Waals surface area contributed by atoms with Crippen molar-refractivity contribution in [1.29, 1.82) is 0 Å². The summed E-state index contributed by atoms with van der Waals surface area (Å²) in [5.41, 5.74) is 0. The van der Waals surface area contributed by atoms with Crippen LogP contribution in [-0.4, -0.2) is 31.9 Å². The topological polar surface area (TPSA) is 80.0 Å². The van der Waals surface area contributed by atoms with Gasteiger partial charge in [0.2, 0.25) is 5.82 Å². The van der Waals surface area contributed by atoms with Crippen LogP contribution in [0.15, 0.2) is 17.5 Å². The average molecular weight is 332 g/mol. The molecule has 6 nitrogen and oxygen atoms in total. The Hall–Kier alpha value is -1.73. The zero-order chi connectivity index (χ0) is 15.8. The number of aliphatic hydroxyl groups excluding tert-OH is 1. The van der Waals surface area contributed by atoms with Crippen LogP contribution in [0.1, 0.15) is 53.0 Å². The minimum absolute atomic E-state index is 0.0533. The van der Waals surface area contributed by atoms with Crippen LogP contribution >= 0.6 is 11.3 Å². The Morgan fingerprint density at radius 1 is 1.39 bits per heavy atom. The van der Waals surface area contributed by atoms with E-state index in [1.807, 2.05) is 22.1 Å². The predicted molar refractivity (Wildman–Crippen MR) is 86.2 cm³/mol. The van der Waals surface area contributed by atoms with Gasteiger partial charge in [-0.25, -0.2) is 0 Å². The molecule has 1 atom stereocenters. The fraction of sp³-hybridized carbons (Fsp3) is 0.562. The molecule has 1 aliphatic carbocycles. The smallest absolute Gasteiger partial charge is 0.289 e. The van der Waals surface area contributed by atoms with Crippen LogP contribution in [0.5, 0.6) is 0 Å². The first-order valence-corrected chi connectivity index (χ1v) is 9.05. The van der Waals surface area contributed by atoms with Gasteiger partial charge in [0.25, 0.3) is 5.91 Å². The fourth-order valence-electron chi connectivity index (χ4n) is 3.47. The molecule has 0 aromatic carbocycles. The monoisotopic (exact) mass is 332 g/mol. The Balaban J connectivity index is 1.54. The third-order valence-electron chi connectivity index (χ3n) is 4.82. The first kappa shape index (κ1) is 14.8. The van der Waals surface area contributed by atoms with Gasteiger partial charge in [0, 0.05) is 17.8 Å². The average Bonchev–Trinajstić information content (AvgIpc) is 3.18. The van der Waals surface area contributed by atoms with Crippen LogP contribution in [0.4, 0.5) is 0 Å². The molecular formula is C16H20N4O2S. The number of amides is 1.